The molecule has 2 amide bonds. The van der Waals surface area contributed by atoms with Crippen LogP contribution in [-0.2, 0) is 16.1 Å². The number of hydrogen-bond acceptors (Lipinski definition) is 4. The van der Waals surface area contributed by atoms with E-state index in [1.54, 1.807) is 18.9 Å². The van der Waals surface area contributed by atoms with Gasteiger partial charge < -0.3 is 19.7 Å². The first-order valence-electron chi connectivity index (χ1n) is 11.9. The second-order valence-corrected chi connectivity index (χ2v) is 9.85. The lowest BCUT2D eigenvalue weighted by Gasteiger charge is -2.31. The highest BCUT2D eigenvalue weighted by Crippen LogP contribution is 2.26. The molecule has 2 aromatic rings. The van der Waals surface area contributed by atoms with Crippen LogP contribution in [0.4, 0.5) is 0 Å². The van der Waals surface area contributed by atoms with Crippen LogP contribution in [0.15, 0.2) is 40.9 Å². The first-order valence-corrected chi connectivity index (χ1v) is 12.7. The minimum Gasteiger partial charge on any atom is -0.497 e. The normalized spacial score (nSPS) is 14.9. The SMILES string of the molecule is COc1cccc(CN(C(=O)COc2cc(C)c(Br)c(C)c2)C(C)C(=O)NC2CCCCC2)c1. The largest absolute Gasteiger partial charge is 0.497 e. The van der Waals surface area contributed by atoms with E-state index in [1.807, 2.05) is 50.2 Å². The number of amides is 2. The van der Waals surface area contributed by atoms with Crippen LogP contribution < -0.4 is 14.8 Å². The number of methoxy groups -OCH3 is 1. The molecule has 1 atom stereocenters. The van der Waals surface area contributed by atoms with Gasteiger partial charge in [0.2, 0.25) is 5.91 Å². The van der Waals surface area contributed by atoms with Crippen molar-refractivity contribution in [2.45, 2.75) is 71.5 Å². The van der Waals surface area contributed by atoms with Gasteiger partial charge in [-0.3, -0.25) is 9.59 Å². The van der Waals surface area contributed by atoms with Crippen LogP contribution in [0.1, 0.15) is 55.7 Å². The van der Waals surface area contributed by atoms with Gasteiger partial charge in [0.15, 0.2) is 6.61 Å². The lowest BCUT2D eigenvalue weighted by molar-refractivity contribution is -0.142. The minimum absolute atomic E-state index is 0.126. The number of rotatable bonds is 9. The average molecular weight is 531 g/mol. The van der Waals surface area contributed by atoms with Gasteiger partial charge in [0.25, 0.3) is 5.91 Å². The maximum absolute atomic E-state index is 13.3. The fourth-order valence-corrected chi connectivity index (χ4v) is 4.57. The molecule has 7 heteroatoms. The molecule has 0 heterocycles. The highest BCUT2D eigenvalue weighted by molar-refractivity contribution is 9.10. The summed E-state index contributed by atoms with van der Waals surface area (Å²) < 4.78 is 12.2. The smallest absolute Gasteiger partial charge is 0.261 e. The molecular formula is C27H35BrN2O4. The third kappa shape index (κ3) is 6.98. The van der Waals surface area contributed by atoms with E-state index in [1.165, 1.54) is 6.42 Å². The van der Waals surface area contributed by atoms with Gasteiger partial charge >= 0.3 is 0 Å². The number of hydrogen-bond donors (Lipinski definition) is 1. The number of ether oxygens (including phenoxy) is 2. The Balaban J connectivity index is 1.75. The highest BCUT2D eigenvalue weighted by atomic mass is 79.9. The van der Waals surface area contributed by atoms with Crippen LogP contribution >= 0.6 is 15.9 Å². The summed E-state index contributed by atoms with van der Waals surface area (Å²) in [7, 11) is 1.61. The van der Waals surface area contributed by atoms with Crippen molar-refractivity contribution < 1.29 is 19.1 Å². The van der Waals surface area contributed by atoms with Gasteiger partial charge in [-0.1, -0.05) is 47.3 Å². The van der Waals surface area contributed by atoms with Crippen LogP contribution in [0.3, 0.4) is 0 Å². The number of benzene rings is 2. The Labute approximate surface area is 211 Å². The van der Waals surface area contributed by atoms with Crippen LogP contribution in [0, 0.1) is 13.8 Å². The number of halogens is 1. The summed E-state index contributed by atoms with van der Waals surface area (Å²) >= 11 is 3.56. The number of aryl methyl sites for hydroxylation is 2. The summed E-state index contributed by atoms with van der Waals surface area (Å²) in [6, 6.07) is 10.9. The molecule has 2 aromatic carbocycles. The zero-order valence-electron chi connectivity index (χ0n) is 20.5. The van der Waals surface area contributed by atoms with E-state index in [-0.39, 0.29) is 31.0 Å². The van der Waals surface area contributed by atoms with Crippen molar-refractivity contribution >= 4 is 27.7 Å². The highest BCUT2D eigenvalue weighted by Gasteiger charge is 2.28. The van der Waals surface area contributed by atoms with Gasteiger partial charge in [0, 0.05) is 17.1 Å². The van der Waals surface area contributed by atoms with Gasteiger partial charge in [-0.2, -0.15) is 0 Å². The molecule has 0 saturated heterocycles. The van der Waals surface area contributed by atoms with Gasteiger partial charge in [0.05, 0.1) is 7.11 Å². The van der Waals surface area contributed by atoms with Gasteiger partial charge in [-0.05, 0) is 74.6 Å². The van der Waals surface area contributed by atoms with Crippen molar-refractivity contribution in [3.8, 4) is 11.5 Å². The topological polar surface area (TPSA) is 67.9 Å². The Morgan fingerprint density at radius 2 is 1.76 bits per heavy atom. The predicted octanol–water partition coefficient (Wildman–Crippen LogP) is 5.32. The fourth-order valence-electron chi connectivity index (χ4n) is 4.34. The van der Waals surface area contributed by atoms with Crippen LogP contribution in [-0.4, -0.2) is 42.5 Å². The monoisotopic (exact) mass is 530 g/mol. The molecule has 0 bridgehead atoms. The first kappa shape index (κ1) is 26.1. The molecule has 1 aliphatic carbocycles. The summed E-state index contributed by atoms with van der Waals surface area (Å²) in [5.74, 6) is 0.972. The van der Waals surface area contributed by atoms with Crippen molar-refractivity contribution in [1.82, 2.24) is 10.2 Å². The van der Waals surface area contributed by atoms with Crippen molar-refractivity contribution in [3.63, 3.8) is 0 Å². The van der Waals surface area contributed by atoms with E-state index in [0.717, 1.165) is 46.8 Å². The van der Waals surface area contributed by atoms with Crippen molar-refractivity contribution in [2.24, 2.45) is 0 Å². The molecule has 0 spiro atoms. The Morgan fingerprint density at radius 1 is 1.09 bits per heavy atom. The number of carbonyl (C=O) groups is 2. The third-order valence-electron chi connectivity index (χ3n) is 6.38. The summed E-state index contributed by atoms with van der Waals surface area (Å²) in [5, 5.41) is 3.15. The molecule has 0 aliphatic heterocycles. The Morgan fingerprint density at radius 3 is 2.41 bits per heavy atom. The third-order valence-corrected chi connectivity index (χ3v) is 7.63. The molecule has 6 nitrogen and oxygen atoms in total. The molecule has 184 valence electrons. The molecule has 0 radical (unpaired) electrons. The molecule has 1 fully saturated rings. The zero-order chi connectivity index (χ0) is 24.7. The first-order chi connectivity index (χ1) is 16.3. The molecular weight excluding hydrogens is 496 g/mol. The van der Waals surface area contributed by atoms with Crippen molar-refractivity contribution in [3.05, 3.63) is 57.6 Å². The van der Waals surface area contributed by atoms with E-state index in [9.17, 15) is 9.59 Å². The van der Waals surface area contributed by atoms with E-state index in [0.29, 0.717) is 11.5 Å². The van der Waals surface area contributed by atoms with E-state index < -0.39 is 6.04 Å². The summed E-state index contributed by atoms with van der Waals surface area (Å²) in [6.07, 6.45) is 5.47. The Hall–Kier alpha value is -2.54. The van der Waals surface area contributed by atoms with Crippen molar-refractivity contribution in [1.29, 1.82) is 0 Å². The Kier molecular flexibility index (Phi) is 9.39. The van der Waals surface area contributed by atoms with Gasteiger partial charge in [0.1, 0.15) is 17.5 Å². The molecule has 3 rings (SSSR count). The predicted molar refractivity (Wildman–Crippen MR) is 137 cm³/mol. The molecule has 1 unspecified atom stereocenters. The zero-order valence-corrected chi connectivity index (χ0v) is 22.1. The summed E-state index contributed by atoms with van der Waals surface area (Å²) in [6.45, 7) is 5.89. The molecule has 34 heavy (non-hydrogen) atoms. The molecule has 1 N–H and O–H groups in total. The summed E-state index contributed by atoms with van der Waals surface area (Å²) in [5.41, 5.74) is 2.96. The number of nitrogens with zero attached hydrogens (tertiary/aromatic N) is 1. The Bertz CT molecular complexity index is 981. The lowest BCUT2D eigenvalue weighted by Crippen LogP contribution is -2.51. The molecule has 1 aliphatic rings. The van der Waals surface area contributed by atoms with E-state index >= 15 is 0 Å². The van der Waals surface area contributed by atoms with Crippen LogP contribution in [0.2, 0.25) is 0 Å². The van der Waals surface area contributed by atoms with Gasteiger partial charge in [-0.15, -0.1) is 0 Å². The summed E-state index contributed by atoms with van der Waals surface area (Å²) in [4.78, 5) is 28.0. The van der Waals surface area contributed by atoms with Gasteiger partial charge in [-0.25, -0.2) is 0 Å². The molecule has 1 saturated carbocycles. The maximum atomic E-state index is 13.3. The second kappa shape index (κ2) is 12.2. The lowest BCUT2D eigenvalue weighted by atomic mass is 9.95. The fraction of sp³-hybridized carbons (Fsp3) is 0.481. The quantitative estimate of drug-likeness (QED) is 0.476. The minimum atomic E-state index is -0.627. The average Bonchev–Trinajstić information content (AvgIpc) is 2.84. The second-order valence-electron chi connectivity index (χ2n) is 9.05. The number of carbonyl (C=O) groups excluding carboxylic acids is 2. The van der Waals surface area contributed by atoms with E-state index in [4.69, 9.17) is 9.47 Å². The van der Waals surface area contributed by atoms with Crippen LogP contribution in [0.5, 0.6) is 11.5 Å². The standard InChI is InChI=1S/C27H35BrN2O4/c1-18-13-24(14-19(2)26(18)28)34-17-25(31)30(16-21-9-8-12-23(15-21)33-4)20(3)27(32)29-22-10-6-5-7-11-22/h8-9,12-15,20,22H,5-7,10-11,16-17H2,1-4H3,(H,29,32). The maximum Gasteiger partial charge on any atom is 0.261 e. The van der Waals surface area contributed by atoms with Crippen molar-refractivity contribution in [2.75, 3.05) is 13.7 Å². The molecule has 0 aromatic heterocycles. The number of nitrogens with one attached hydrogen (secondary N) is 1. The van der Waals surface area contributed by atoms with E-state index in [2.05, 4.69) is 21.2 Å². The van der Waals surface area contributed by atoms with Crippen LogP contribution in [0.25, 0.3) is 0 Å².